The molecule has 4 heterocycles. The van der Waals surface area contributed by atoms with Crippen LogP contribution in [-0.2, 0) is 24.3 Å². The molecule has 0 saturated heterocycles. The summed E-state index contributed by atoms with van der Waals surface area (Å²) in [7, 11) is 0. The van der Waals surface area contributed by atoms with E-state index in [-0.39, 0.29) is 37.1 Å². The summed E-state index contributed by atoms with van der Waals surface area (Å²) in [6.07, 6.45) is 2.90. The first-order chi connectivity index (χ1) is 15.4. The second-order valence-corrected chi connectivity index (χ2v) is 7.19. The number of anilines is 1. The number of rotatable bonds is 8. The number of nitrogens with one attached hydrogen (secondary N) is 1. The molecular formula is C21H19F2N5O4. The number of hydrogen-bond acceptors (Lipinski definition) is 7. The molecule has 166 valence electrons. The van der Waals surface area contributed by atoms with Crippen molar-refractivity contribution in [2.24, 2.45) is 0 Å². The fourth-order valence-electron chi connectivity index (χ4n) is 3.37. The average molecular weight is 443 g/mol. The molecule has 32 heavy (non-hydrogen) atoms. The zero-order valence-electron chi connectivity index (χ0n) is 17.0. The van der Waals surface area contributed by atoms with Crippen LogP contribution < -0.4 is 10.1 Å². The normalized spacial score (nSPS) is 12.9. The Morgan fingerprint density at radius 1 is 1.31 bits per heavy atom. The van der Waals surface area contributed by atoms with Gasteiger partial charge in [-0.2, -0.15) is 0 Å². The Kier molecular flexibility index (Phi) is 6.06. The maximum absolute atomic E-state index is 12.9. The van der Waals surface area contributed by atoms with E-state index in [1.807, 2.05) is 0 Å². The van der Waals surface area contributed by atoms with Crippen LogP contribution in [0.2, 0.25) is 0 Å². The van der Waals surface area contributed by atoms with Gasteiger partial charge in [0.1, 0.15) is 24.4 Å². The smallest absolute Gasteiger partial charge is 0.272 e. The quantitative estimate of drug-likeness (QED) is 0.570. The zero-order chi connectivity index (χ0) is 22.7. The second kappa shape index (κ2) is 9.08. The first-order valence-corrected chi connectivity index (χ1v) is 9.71. The minimum atomic E-state index is -2.57. The van der Waals surface area contributed by atoms with Crippen molar-refractivity contribution in [2.45, 2.75) is 32.9 Å². The fourth-order valence-corrected chi connectivity index (χ4v) is 3.37. The molecule has 0 bridgehead atoms. The summed E-state index contributed by atoms with van der Waals surface area (Å²) < 4.78 is 34.6. The lowest BCUT2D eigenvalue weighted by Crippen LogP contribution is -2.24. The Balaban J connectivity index is 1.44. The molecule has 0 radical (unpaired) electrons. The van der Waals surface area contributed by atoms with E-state index in [0.717, 1.165) is 0 Å². The van der Waals surface area contributed by atoms with Gasteiger partial charge in [-0.25, -0.2) is 18.7 Å². The number of pyridine rings is 2. The number of aryl methyl sites for hydroxylation is 1. The van der Waals surface area contributed by atoms with Crippen LogP contribution >= 0.6 is 0 Å². The van der Waals surface area contributed by atoms with Crippen molar-refractivity contribution in [3.05, 3.63) is 65.3 Å². The van der Waals surface area contributed by atoms with Gasteiger partial charge in [0.15, 0.2) is 6.39 Å². The van der Waals surface area contributed by atoms with Crippen LogP contribution in [0, 0.1) is 6.92 Å². The predicted octanol–water partition coefficient (Wildman–Crippen LogP) is 2.75. The van der Waals surface area contributed by atoms with E-state index >= 15 is 0 Å². The lowest BCUT2D eigenvalue weighted by Gasteiger charge is -2.16. The Morgan fingerprint density at radius 2 is 2.16 bits per heavy atom. The molecule has 0 atom stereocenters. The maximum atomic E-state index is 12.9. The third-order valence-corrected chi connectivity index (χ3v) is 4.84. The van der Waals surface area contributed by atoms with Crippen molar-refractivity contribution >= 4 is 17.6 Å². The molecule has 1 aliphatic heterocycles. The third-order valence-electron chi connectivity index (χ3n) is 4.84. The molecule has 0 fully saturated rings. The summed E-state index contributed by atoms with van der Waals surface area (Å²) in [5.74, 6) is 0.0346. The van der Waals surface area contributed by atoms with Crippen molar-refractivity contribution in [3.8, 4) is 5.75 Å². The van der Waals surface area contributed by atoms with Gasteiger partial charge in [-0.3, -0.25) is 14.6 Å². The Bertz CT molecular complexity index is 1140. The first-order valence-electron chi connectivity index (χ1n) is 9.71. The summed E-state index contributed by atoms with van der Waals surface area (Å²) in [5.41, 5.74) is 2.76. The second-order valence-electron chi connectivity index (χ2n) is 7.19. The number of oxazole rings is 1. The van der Waals surface area contributed by atoms with E-state index < -0.39 is 13.0 Å². The van der Waals surface area contributed by atoms with Gasteiger partial charge in [0.05, 0.1) is 37.1 Å². The number of aromatic nitrogens is 3. The van der Waals surface area contributed by atoms with Crippen LogP contribution in [0.5, 0.6) is 5.75 Å². The number of amides is 2. The number of alkyl halides is 2. The summed E-state index contributed by atoms with van der Waals surface area (Å²) >= 11 is 0. The SMILES string of the molecule is Cc1cc(CN2Cc3c(ccnc3NC(=O)Cc3cocn3)C2=O)ncc1OCC(F)F. The molecule has 0 spiro atoms. The molecule has 2 amide bonds. The largest absolute Gasteiger partial charge is 0.486 e. The van der Waals surface area contributed by atoms with Crippen LogP contribution in [0.25, 0.3) is 0 Å². The van der Waals surface area contributed by atoms with E-state index in [2.05, 4.69) is 20.3 Å². The number of fused-ring (bicyclic) bond motifs is 1. The summed E-state index contributed by atoms with van der Waals surface area (Å²) in [6, 6.07) is 3.29. The van der Waals surface area contributed by atoms with Gasteiger partial charge >= 0.3 is 0 Å². The molecule has 3 aromatic rings. The number of halogens is 2. The van der Waals surface area contributed by atoms with Crippen LogP contribution in [0.4, 0.5) is 14.6 Å². The van der Waals surface area contributed by atoms with Crippen molar-refractivity contribution in [1.29, 1.82) is 0 Å². The number of carbonyl (C=O) groups excluding carboxylic acids is 2. The molecule has 4 rings (SSSR count). The van der Waals surface area contributed by atoms with Gasteiger partial charge in [0.25, 0.3) is 12.3 Å². The van der Waals surface area contributed by atoms with Gasteiger partial charge < -0.3 is 19.4 Å². The Morgan fingerprint density at radius 3 is 2.88 bits per heavy atom. The highest BCUT2D eigenvalue weighted by Gasteiger charge is 2.31. The lowest BCUT2D eigenvalue weighted by molar-refractivity contribution is -0.115. The minimum absolute atomic E-state index is 0.0166. The molecule has 0 saturated carbocycles. The molecule has 0 aromatic carbocycles. The third kappa shape index (κ3) is 4.71. The molecule has 11 heteroatoms. The minimum Gasteiger partial charge on any atom is -0.486 e. The highest BCUT2D eigenvalue weighted by Crippen LogP contribution is 2.29. The molecule has 1 aliphatic rings. The van der Waals surface area contributed by atoms with Crippen molar-refractivity contribution in [2.75, 3.05) is 11.9 Å². The summed E-state index contributed by atoms with van der Waals surface area (Å²) in [5, 5.41) is 2.72. The monoisotopic (exact) mass is 443 g/mol. The van der Waals surface area contributed by atoms with E-state index in [9.17, 15) is 18.4 Å². The lowest BCUT2D eigenvalue weighted by atomic mass is 10.1. The van der Waals surface area contributed by atoms with E-state index in [4.69, 9.17) is 9.15 Å². The van der Waals surface area contributed by atoms with Crippen molar-refractivity contribution in [1.82, 2.24) is 19.9 Å². The number of carbonyl (C=O) groups is 2. The van der Waals surface area contributed by atoms with E-state index in [1.54, 1.807) is 24.0 Å². The Labute approximate surface area is 181 Å². The van der Waals surface area contributed by atoms with Gasteiger partial charge in [0.2, 0.25) is 5.91 Å². The first kappa shape index (κ1) is 21.3. The molecular weight excluding hydrogens is 424 g/mol. The number of hydrogen-bond donors (Lipinski definition) is 1. The van der Waals surface area contributed by atoms with Crippen molar-refractivity contribution in [3.63, 3.8) is 0 Å². The average Bonchev–Trinajstić information content (AvgIpc) is 3.36. The summed E-state index contributed by atoms with van der Waals surface area (Å²) in [6.45, 7) is 1.46. The summed E-state index contributed by atoms with van der Waals surface area (Å²) in [4.78, 5) is 39.1. The zero-order valence-corrected chi connectivity index (χ0v) is 17.0. The van der Waals surface area contributed by atoms with Crippen LogP contribution in [0.3, 0.4) is 0 Å². The van der Waals surface area contributed by atoms with E-state index in [0.29, 0.717) is 33.9 Å². The number of nitrogens with zero attached hydrogens (tertiary/aromatic N) is 4. The molecule has 9 nitrogen and oxygen atoms in total. The van der Waals surface area contributed by atoms with Gasteiger partial charge in [-0.15, -0.1) is 0 Å². The molecule has 1 N–H and O–H groups in total. The molecule has 0 aliphatic carbocycles. The Hall–Kier alpha value is -3.89. The van der Waals surface area contributed by atoms with E-state index in [1.165, 1.54) is 25.1 Å². The standard InChI is InChI=1S/C21H19F2N5O4/c1-12-4-13(25-6-17(12)32-10-18(22)23)7-28-8-16-15(21(28)30)2-3-24-20(16)27-19(29)5-14-9-31-11-26-14/h2-4,6,9,11,18H,5,7-8,10H2,1H3,(H,24,27,29). The highest BCUT2D eigenvalue weighted by atomic mass is 19.3. The van der Waals surface area contributed by atoms with Crippen LogP contribution in [0.1, 0.15) is 32.9 Å². The fraction of sp³-hybridized carbons (Fsp3) is 0.286. The highest BCUT2D eigenvalue weighted by molar-refractivity contribution is 6.01. The molecule has 3 aromatic heterocycles. The van der Waals surface area contributed by atoms with Gasteiger partial charge in [0, 0.05) is 17.3 Å². The van der Waals surface area contributed by atoms with Gasteiger partial charge in [-0.05, 0) is 24.6 Å². The maximum Gasteiger partial charge on any atom is 0.272 e. The predicted molar refractivity (Wildman–Crippen MR) is 107 cm³/mol. The van der Waals surface area contributed by atoms with Crippen LogP contribution in [0.15, 0.2) is 41.6 Å². The van der Waals surface area contributed by atoms with Crippen LogP contribution in [-0.4, -0.2) is 44.7 Å². The topological polar surface area (TPSA) is 110 Å². The van der Waals surface area contributed by atoms with Crippen molar-refractivity contribution < 1.29 is 27.5 Å². The molecule has 0 unspecified atom stereocenters. The number of ether oxygens (including phenoxy) is 1. The van der Waals surface area contributed by atoms with Gasteiger partial charge in [-0.1, -0.05) is 0 Å².